The second-order valence-corrected chi connectivity index (χ2v) is 9.40. The van der Waals surface area contributed by atoms with E-state index >= 15 is 0 Å². The number of nitrogens with zero attached hydrogens (tertiary/aromatic N) is 2. The molecule has 1 heterocycles. The summed E-state index contributed by atoms with van der Waals surface area (Å²) in [5.41, 5.74) is 3.14. The maximum atomic E-state index is 13.0. The molecule has 156 valence electrons. The Hall–Kier alpha value is -2.60. The van der Waals surface area contributed by atoms with Crippen LogP contribution in [0, 0.1) is 0 Å². The number of hydrogen-bond acceptors (Lipinski definition) is 4. The summed E-state index contributed by atoms with van der Waals surface area (Å²) in [5, 5.41) is 4.04. The fourth-order valence-electron chi connectivity index (χ4n) is 4.07. The molecule has 0 saturated heterocycles. The molecule has 1 amide bonds. The smallest absolute Gasteiger partial charge is 0.262 e. The van der Waals surface area contributed by atoms with Crippen molar-refractivity contribution in [1.29, 1.82) is 0 Å². The van der Waals surface area contributed by atoms with Crippen LogP contribution in [0.5, 0.6) is 0 Å². The molecule has 1 N–H and O–H groups in total. The van der Waals surface area contributed by atoms with Gasteiger partial charge in [-0.05, 0) is 63.3 Å². The first kappa shape index (κ1) is 20.7. The zero-order chi connectivity index (χ0) is 21.3. The zero-order valence-electron chi connectivity index (χ0n) is 17.6. The van der Waals surface area contributed by atoms with E-state index in [-0.39, 0.29) is 28.8 Å². The predicted octanol–water partition coefficient (Wildman–Crippen LogP) is 4.65. The molecular formula is C24H27N3O2S. The number of para-hydroxylation sites is 1. The van der Waals surface area contributed by atoms with E-state index in [0.717, 1.165) is 19.3 Å². The van der Waals surface area contributed by atoms with Crippen molar-refractivity contribution in [2.45, 2.75) is 62.5 Å². The Balaban J connectivity index is 1.58. The quantitative estimate of drug-likeness (QED) is 0.481. The van der Waals surface area contributed by atoms with Crippen molar-refractivity contribution in [3.8, 4) is 0 Å². The molecule has 0 aliphatic heterocycles. The number of nitrogens with one attached hydrogen (secondary N) is 1. The number of amides is 1. The molecule has 2 aromatic carbocycles. The molecule has 6 heteroatoms. The summed E-state index contributed by atoms with van der Waals surface area (Å²) in [6.07, 6.45) is 3.09. The molecule has 3 aromatic rings. The number of fused-ring (bicyclic) bond motifs is 2. The Morgan fingerprint density at radius 2 is 1.87 bits per heavy atom. The zero-order valence-corrected chi connectivity index (χ0v) is 18.4. The summed E-state index contributed by atoms with van der Waals surface area (Å²) in [7, 11) is 0. The number of hydrogen-bond donors (Lipinski definition) is 1. The summed E-state index contributed by atoms with van der Waals surface area (Å²) in [5.74, 6) is -0.0283. The summed E-state index contributed by atoms with van der Waals surface area (Å²) < 4.78 is 1.69. The fourth-order valence-corrected chi connectivity index (χ4v) is 5.12. The molecule has 1 aliphatic carbocycles. The Morgan fingerprint density at radius 1 is 1.13 bits per heavy atom. The summed E-state index contributed by atoms with van der Waals surface area (Å²) in [6.45, 7) is 5.80. The predicted molar refractivity (Wildman–Crippen MR) is 122 cm³/mol. The van der Waals surface area contributed by atoms with Gasteiger partial charge in [-0.15, -0.1) is 0 Å². The van der Waals surface area contributed by atoms with Crippen LogP contribution in [-0.4, -0.2) is 20.7 Å². The van der Waals surface area contributed by atoms with Gasteiger partial charge in [0, 0.05) is 6.04 Å². The van der Waals surface area contributed by atoms with Crippen molar-refractivity contribution in [2.75, 3.05) is 0 Å². The third-order valence-electron chi connectivity index (χ3n) is 5.63. The molecule has 1 aromatic heterocycles. The van der Waals surface area contributed by atoms with Gasteiger partial charge in [-0.3, -0.25) is 14.2 Å². The van der Waals surface area contributed by atoms with Crippen LogP contribution >= 0.6 is 11.8 Å². The molecule has 30 heavy (non-hydrogen) atoms. The highest BCUT2D eigenvalue weighted by Crippen LogP contribution is 2.31. The Labute approximate surface area is 180 Å². The van der Waals surface area contributed by atoms with Gasteiger partial charge in [-0.1, -0.05) is 48.2 Å². The van der Waals surface area contributed by atoms with Crippen LogP contribution in [0.4, 0.5) is 0 Å². The van der Waals surface area contributed by atoms with Gasteiger partial charge in [0.25, 0.3) is 5.56 Å². The fraction of sp³-hybridized carbons (Fsp3) is 0.375. The number of aromatic nitrogens is 2. The van der Waals surface area contributed by atoms with Gasteiger partial charge in [0.2, 0.25) is 5.91 Å². The average molecular weight is 422 g/mol. The van der Waals surface area contributed by atoms with Crippen molar-refractivity contribution in [3.63, 3.8) is 0 Å². The highest BCUT2D eigenvalue weighted by molar-refractivity contribution is 8.00. The highest BCUT2D eigenvalue weighted by atomic mass is 32.2. The van der Waals surface area contributed by atoms with E-state index in [0.29, 0.717) is 16.1 Å². The van der Waals surface area contributed by atoms with Gasteiger partial charge in [0.05, 0.1) is 22.2 Å². The third kappa shape index (κ3) is 4.01. The average Bonchev–Trinajstić information content (AvgIpc) is 2.74. The van der Waals surface area contributed by atoms with E-state index < -0.39 is 0 Å². The van der Waals surface area contributed by atoms with Crippen LogP contribution in [0.2, 0.25) is 0 Å². The lowest BCUT2D eigenvalue weighted by atomic mass is 9.88. The van der Waals surface area contributed by atoms with Crippen molar-refractivity contribution in [1.82, 2.24) is 14.9 Å². The number of carbonyl (C=O) groups is 1. The summed E-state index contributed by atoms with van der Waals surface area (Å²) in [4.78, 5) is 30.7. The topological polar surface area (TPSA) is 64.0 Å². The van der Waals surface area contributed by atoms with Crippen molar-refractivity contribution in [3.05, 3.63) is 70.0 Å². The van der Waals surface area contributed by atoms with Crippen molar-refractivity contribution < 1.29 is 4.79 Å². The minimum atomic E-state index is -0.364. The lowest BCUT2D eigenvalue weighted by molar-refractivity contribution is -0.121. The van der Waals surface area contributed by atoms with Crippen LogP contribution in [0.25, 0.3) is 10.9 Å². The lowest BCUT2D eigenvalue weighted by Crippen LogP contribution is -2.36. The molecule has 0 spiro atoms. The third-order valence-corrected chi connectivity index (χ3v) is 6.70. The Bertz CT molecular complexity index is 1140. The monoisotopic (exact) mass is 421 g/mol. The second-order valence-electron chi connectivity index (χ2n) is 8.09. The molecule has 4 rings (SSSR count). The Kier molecular flexibility index (Phi) is 5.95. The molecule has 0 bridgehead atoms. The van der Waals surface area contributed by atoms with E-state index in [1.165, 1.54) is 22.9 Å². The molecule has 0 radical (unpaired) electrons. The Morgan fingerprint density at radius 3 is 2.67 bits per heavy atom. The molecule has 1 aliphatic rings. The minimum absolute atomic E-state index is 0.0283. The molecular weight excluding hydrogens is 394 g/mol. The van der Waals surface area contributed by atoms with E-state index in [1.807, 2.05) is 45.0 Å². The molecule has 2 atom stereocenters. The summed E-state index contributed by atoms with van der Waals surface area (Å²) >= 11 is 1.35. The first-order valence-corrected chi connectivity index (χ1v) is 11.4. The highest BCUT2D eigenvalue weighted by Gasteiger charge is 2.25. The van der Waals surface area contributed by atoms with Crippen molar-refractivity contribution in [2.24, 2.45) is 0 Å². The van der Waals surface area contributed by atoms with E-state index in [2.05, 4.69) is 23.5 Å². The molecule has 5 nitrogen and oxygen atoms in total. The van der Waals surface area contributed by atoms with Gasteiger partial charge in [0.1, 0.15) is 0 Å². The van der Waals surface area contributed by atoms with Crippen molar-refractivity contribution >= 4 is 28.6 Å². The largest absolute Gasteiger partial charge is 0.348 e. The van der Waals surface area contributed by atoms with Crippen LogP contribution in [-0.2, 0) is 11.2 Å². The van der Waals surface area contributed by atoms with Gasteiger partial charge in [-0.2, -0.15) is 0 Å². The lowest BCUT2D eigenvalue weighted by Gasteiger charge is -2.27. The minimum Gasteiger partial charge on any atom is -0.348 e. The number of aryl methyl sites for hydroxylation is 1. The van der Waals surface area contributed by atoms with Gasteiger partial charge < -0.3 is 5.32 Å². The van der Waals surface area contributed by atoms with Crippen LogP contribution < -0.4 is 10.9 Å². The SMILES string of the molecule is CC(C)n1c(S[C@@H](C)C(=O)N[C@H]2CCCc3ccccc32)nc2ccccc2c1=O. The molecule has 0 fully saturated rings. The van der Waals surface area contributed by atoms with E-state index in [9.17, 15) is 9.59 Å². The van der Waals surface area contributed by atoms with E-state index in [4.69, 9.17) is 4.98 Å². The van der Waals surface area contributed by atoms with Gasteiger partial charge >= 0.3 is 0 Å². The van der Waals surface area contributed by atoms with Gasteiger partial charge in [-0.25, -0.2) is 4.98 Å². The summed E-state index contributed by atoms with van der Waals surface area (Å²) in [6, 6.07) is 15.7. The number of carbonyl (C=O) groups excluding carboxylic acids is 1. The maximum absolute atomic E-state index is 13.0. The van der Waals surface area contributed by atoms with E-state index in [1.54, 1.807) is 10.6 Å². The second kappa shape index (κ2) is 8.64. The standard InChI is InChI=1S/C24H27N3O2S/c1-15(2)27-23(29)19-12-6-7-13-21(19)26-24(27)30-16(3)22(28)25-20-14-8-10-17-9-4-5-11-18(17)20/h4-7,9,11-13,15-16,20H,8,10,14H2,1-3H3,(H,25,28)/t16-,20-/m0/s1. The maximum Gasteiger partial charge on any atom is 0.262 e. The number of benzene rings is 2. The molecule has 0 unspecified atom stereocenters. The van der Waals surface area contributed by atoms with Crippen LogP contribution in [0.3, 0.4) is 0 Å². The molecule has 0 saturated carbocycles. The first-order chi connectivity index (χ1) is 14.5. The number of thioether (sulfide) groups is 1. The first-order valence-electron chi connectivity index (χ1n) is 10.5. The van der Waals surface area contributed by atoms with Crippen LogP contribution in [0.15, 0.2) is 58.5 Å². The van der Waals surface area contributed by atoms with Gasteiger partial charge in [0.15, 0.2) is 5.16 Å². The normalized spacial score (nSPS) is 17.0. The van der Waals surface area contributed by atoms with Crippen LogP contribution in [0.1, 0.15) is 56.8 Å². The number of rotatable bonds is 5.